The summed E-state index contributed by atoms with van der Waals surface area (Å²) in [7, 11) is 0. The molecule has 0 atom stereocenters. The Bertz CT molecular complexity index is 591. The third kappa shape index (κ3) is 2.21. The Balaban J connectivity index is 2.31. The molecule has 0 radical (unpaired) electrons. The van der Waals surface area contributed by atoms with E-state index >= 15 is 0 Å². The van der Waals surface area contributed by atoms with Gasteiger partial charge in [-0.05, 0) is 35.0 Å². The monoisotopic (exact) mass is 312 g/mol. The summed E-state index contributed by atoms with van der Waals surface area (Å²) < 4.78 is 13.9. The first kappa shape index (κ1) is 12.6. The molecule has 1 amide bonds. The van der Waals surface area contributed by atoms with E-state index < -0.39 is 11.7 Å². The molecule has 1 aromatic carbocycles. The Hall–Kier alpha value is -1.89. The van der Waals surface area contributed by atoms with Gasteiger partial charge in [0, 0.05) is 4.47 Å². The zero-order valence-corrected chi connectivity index (χ0v) is 11.0. The lowest BCUT2D eigenvalue weighted by Gasteiger charge is -2.06. The Kier molecular flexibility index (Phi) is 3.33. The lowest BCUT2D eigenvalue weighted by Crippen LogP contribution is -2.15. The summed E-state index contributed by atoms with van der Waals surface area (Å²) in [5.74, 6) is -1.04. The highest BCUT2D eigenvalue weighted by molar-refractivity contribution is 9.10. The van der Waals surface area contributed by atoms with Crippen molar-refractivity contribution in [2.45, 2.75) is 6.92 Å². The number of rotatable bonds is 2. The first-order valence-corrected chi connectivity index (χ1v) is 5.85. The Morgan fingerprint density at radius 3 is 2.83 bits per heavy atom. The molecule has 0 fully saturated rings. The second kappa shape index (κ2) is 4.77. The van der Waals surface area contributed by atoms with Crippen LogP contribution in [0.15, 0.2) is 22.7 Å². The summed E-state index contributed by atoms with van der Waals surface area (Å²) in [4.78, 5) is 11.9. The molecule has 2 aromatic rings. The molecule has 0 aliphatic rings. The second-order valence-electron chi connectivity index (χ2n) is 3.66. The van der Waals surface area contributed by atoms with Crippen LogP contribution < -0.4 is 11.1 Å². The minimum absolute atomic E-state index is 0.0856. The van der Waals surface area contributed by atoms with Gasteiger partial charge in [0.1, 0.15) is 5.82 Å². The number of hydrogen-bond donors (Lipinski definition) is 3. The average Bonchev–Trinajstić information content (AvgIpc) is 2.61. The molecule has 0 saturated heterocycles. The van der Waals surface area contributed by atoms with E-state index in [2.05, 4.69) is 31.4 Å². The van der Waals surface area contributed by atoms with Gasteiger partial charge in [-0.15, -0.1) is 0 Å². The van der Waals surface area contributed by atoms with Crippen LogP contribution >= 0.6 is 15.9 Å². The number of aromatic nitrogens is 2. The van der Waals surface area contributed by atoms with E-state index in [1.807, 2.05) is 0 Å². The molecule has 7 heteroatoms. The fourth-order valence-electron chi connectivity index (χ4n) is 1.42. The summed E-state index contributed by atoms with van der Waals surface area (Å²) in [5, 5.41) is 8.90. The number of carbonyl (C=O) groups excluding carboxylic acids is 1. The lowest BCUT2D eigenvalue weighted by atomic mass is 10.2. The Morgan fingerprint density at radius 2 is 2.28 bits per heavy atom. The standard InChI is InChI=1S/C11H10BrFN4O/c1-5-9(14)10(17-16-5)15-11(18)8-6(12)3-2-4-7(8)13/h2-4H,14H2,1H3,(H2,15,16,17,18). The average molecular weight is 313 g/mol. The van der Waals surface area contributed by atoms with Crippen LogP contribution in [-0.2, 0) is 0 Å². The highest BCUT2D eigenvalue weighted by atomic mass is 79.9. The maximum absolute atomic E-state index is 13.6. The van der Waals surface area contributed by atoms with Crippen LogP contribution in [0.3, 0.4) is 0 Å². The van der Waals surface area contributed by atoms with E-state index in [1.54, 1.807) is 13.0 Å². The van der Waals surface area contributed by atoms with Gasteiger partial charge in [0.2, 0.25) is 0 Å². The molecule has 0 aliphatic heterocycles. The number of H-pyrrole nitrogens is 1. The third-order valence-electron chi connectivity index (χ3n) is 2.42. The number of nitrogen functional groups attached to an aromatic ring is 1. The van der Waals surface area contributed by atoms with Gasteiger partial charge in [0.05, 0.1) is 16.9 Å². The van der Waals surface area contributed by atoms with Crippen molar-refractivity contribution in [3.63, 3.8) is 0 Å². The van der Waals surface area contributed by atoms with Gasteiger partial charge in [-0.2, -0.15) is 5.10 Å². The minimum Gasteiger partial charge on any atom is -0.394 e. The van der Waals surface area contributed by atoms with Gasteiger partial charge in [-0.25, -0.2) is 4.39 Å². The largest absolute Gasteiger partial charge is 0.394 e. The van der Waals surface area contributed by atoms with Crippen molar-refractivity contribution in [1.29, 1.82) is 0 Å². The smallest absolute Gasteiger partial charge is 0.261 e. The van der Waals surface area contributed by atoms with Gasteiger partial charge in [0.25, 0.3) is 5.91 Å². The topological polar surface area (TPSA) is 83.8 Å². The number of hydrogen-bond acceptors (Lipinski definition) is 3. The van der Waals surface area contributed by atoms with E-state index in [4.69, 9.17) is 5.73 Å². The summed E-state index contributed by atoms with van der Waals surface area (Å²) in [6.45, 7) is 1.72. The molecular formula is C11H10BrFN4O. The van der Waals surface area contributed by atoms with Crippen LogP contribution in [0, 0.1) is 12.7 Å². The molecule has 0 unspecified atom stereocenters. The summed E-state index contributed by atoms with van der Waals surface area (Å²) in [5.41, 5.74) is 6.57. The zero-order chi connectivity index (χ0) is 13.3. The highest BCUT2D eigenvalue weighted by Gasteiger charge is 2.18. The van der Waals surface area contributed by atoms with Crippen molar-refractivity contribution in [2.24, 2.45) is 0 Å². The molecule has 1 heterocycles. The van der Waals surface area contributed by atoms with Crippen molar-refractivity contribution in [2.75, 3.05) is 11.1 Å². The van der Waals surface area contributed by atoms with Crippen LogP contribution in [0.2, 0.25) is 0 Å². The Morgan fingerprint density at radius 1 is 1.56 bits per heavy atom. The number of nitrogens with one attached hydrogen (secondary N) is 2. The summed E-state index contributed by atoms with van der Waals surface area (Å²) >= 11 is 3.12. The quantitative estimate of drug-likeness (QED) is 0.796. The number of nitrogens with two attached hydrogens (primary N) is 1. The minimum atomic E-state index is -0.618. The van der Waals surface area contributed by atoms with Gasteiger partial charge >= 0.3 is 0 Å². The van der Waals surface area contributed by atoms with E-state index in [1.165, 1.54) is 12.1 Å². The van der Waals surface area contributed by atoms with E-state index in [0.29, 0.717) is 15.9 Å². The molecule has 0 bridgehead atoms. The van der Waals surface area contributed by atoms with Gasteiger partial charge in [-0.1, -0.05) is 6.07 Å². The molecule has 0 spiro atoms. The second-order valence-corrected chi connectivity index (χ2v) is 4.52. The SMILES string of the molecule is Cc1[nH]nc(NC(=O)c2c(F)cccc2Br)c1N. The van der Waals surface area contributed by atoms with E-state index in [9.17, 15) is 9.18 Å². The summed E-state index contributed by atoms with van der Waals surface area (Å²) in [6.07, 6.45) is 0. The number of halogens is 2. The number of aromatic amines is 1. The maximum Gasteiger partial charge on any atom is 0.261 e. The number of anilines is 2. The first-order chi connectivity index (χ1) is 8.50. The number of aryl methyl sites for hydroxylation is 1. The highest BCUT2D eigenvalue weighted by Crippen LogP contribution is 2.23. The predicted molar refractivity (Wildman–Crippen MR) is 69.8 cm³/mol. The van der Waals surface area contributed by atoms with Crippen molar-refractivity contribution >= 4 is 33.3 Å². The van der Waals surface area contributed by atoms with Crippen LogP contribution in [0.4, 0.5) is 15.9 Å². The molecule has 2 rings (SSSR count). The van der Waals surface area contributed by atoms with Gasteiger partial charge in [0.15, 0.2) is 5.82 Å². The molecule has 1 aromatic heterocycles. The number of carbonyl (C=O) groups is 1. The van der Waals surface area contributed by atoms with Crippen molar-refractivity contribution in [3.8, 4) is 0 Å². The number of nitrogens with zero attached hydrogens (tertiary/aromatic N) is 1. The molecule has 5 nitrogen and oxygen atoms in total. The number of benzene rings is 1. The maximum atomic E-state index is 13.6. The lowest BCUT2D eigenvalue weighted by molar-refractivity contribution is 0.102. The van der Waals surface area contributed by atoms with Crippen LogP contribution in [0.25, 0.3) is 0 Å². The van der Waals surface area contributed by atoms with Crippen LogP contribution in [-0.4, -0.2) is 16.1 Å². The third-order valence-corrected chi connectivity index (χ3v) is 3.08. The molecule has 94 valence electrons. The van der Waals surface area contributed by atoms with Gasteiger partial charge in [-0.3, -0.25) is 9.89 Å². The Labute approximate surface area is 111 Å². The van der Waals surface area contributed by atoms with Crippen molar-refractivity contribution in [1.82, 2.24) is 10.2 Å². The normalized spacial score (nSPS) is 10.4. The predicted octanol–water partition coefficient (Wildman–Crippen LogP) is 2.45. The van der Waals surface area contributed by atoms with Crippen molar-refractivity contribution in [3.05, 3.63) is 39.7 Å². The summed E-state index contributed by atoms with van der Waals surface area (Å²) in [6, 6.07) is 4.29. The van der Waals surface area contributed by atoms with E-state index in [0.717, 1.165) is 0 Å². The fourth-order valence-corrected chi connectivity index (χ4v) is 1.94. The fraction of sp³-hybridized carbons (Fsp3) is 0.0909. The molecule has 18 heavy (non-hydrogen) atoms. The molecule has 4 N–H and O–H groups in total. The van der Waals surface area contributed by atoms with Crippen LogP contribution in [0.5, 0.6) is 0 Å². The van der Waals surface area contributed by atoms with Crippen LogP contribution in [0.1, 0.15) is 16.1 Å². The molecular weight excluding hydrogens is 303 g/mol. The first-order valence-electron chi connectivity index (χ1n) is 5.06. The number of amides is 1. The van der Waals surface area contributed by atoms with Crippen molar-refractivity contribution < 1.29 is 9.18 Å². The zero-order valence-electron chi connectivity index (χ0n) is 9.42. The molecule has 0 saturated carbocycles. The van der Waals surface area contributed by atoms with Gasteiger partial charge < -0.3 is 11.1 Å². The van der Waals surface area contributed by atoms with E-state index in [-0.39, 0.29) is 11.4 Å². The molecule has 0 aliphatic carbocycles.